The number of carboxylic acid groups (broad SMARTS) is 1. The molecule has 6 nitrogen and oxygen atoms in total. The van der Waals surface area contributed by atoms with Crippen LogP contribution in [0.1, 0.15) is 42.2 Å². The Labute approximate surface area is 93.1 Å². The smallest absolute Gasteiger partial charge is 0.356 e. The summed E-state index contributed by atoms with van der Waals surface area (Å²) in [7, 11) is 1.36. The molecule has 6 heteroatoms. The summed E-state index contributed by atoms with van der Waals surface area (Å²) < 4.78 is 1.56. The van der Waals surface area contributed by atoms with Gasteiger partial charge in [0.25, 0.3) is 0 Å². The summed E-state index contributed by atoms with van der Waals surface area (Å²) in [6.45, 7) is 0. The molecule has 1 aromatic rings. The second-order valence-corrected chi connectivity index (χ2v) is 4.07. The van der Waals surface area contributed by atoms with Crippen molar-refractivity contribution in [3.63, 3.8) is 0 Å². The van der Waals surface area contributed by atoms with Crippen LogP contribution in [0.15, 0.2) is 6.07 Å². The molecule has 0 amide bonds. The second-order valence-electron chi connectivity index (χ2n) is 4.07. The molecule has 1 saturated carbocycles. The first kappa shape index (κ1) is 10.9. The highest BCUT2D eigenvalue weighted by atomic mass is 16.5. The van der Waals surface area contributed by atoms with Gasteiger partial charge in [0.1, 0.15) is 5.82 Å². The number of hydrogen-bond acceptors (Lipinski definition) is 4. The summed E-state index contributed by atoms with van der Waals surface area (Å²) in [6.07, 6.45) is 4.13. The third kappa shape index (κ3) is 1.88. The summed E-state index contributed by atoms with van der Waals surface area (Å²) in [4.78, 5) is 10.8. The zero-order valence-electron chi connectivity index (χ0n) is 9.09. The standard InChI is InChI=1S/C10H14N3O3/c1-12(16)9-6-8(10(14)15)11-13(9)7-4-2-3-5-7/h6-7H,2-5H2,1H3,(H,14,15)/q-1. The molecule has 1 heterocycles. The van der Waals surface area contributed by atoms with Gasteiger partial charge >= 0.3 is 5.97 Å². The first-order chi connectivity index (χ1) is 7.59. The fourth-order valence-electron chi connectivity index (χ4n) is 2.14. The minimum atomic E-state index is -1.10. The zero-order chi connectivity index (χ0) is 11.7. The van der Waals surface area contributed by atoms with Crippen LogP contribution < -0.4 is 5.06 Å². The van der Waals surface area contributed by atoms with Crippen LogP contribution in [0.3, 0.4) is 0 Å². The molecule has 16 heavy (non-hydrogen) atoms. The first-order valence-electron chi connectivity index (χ1n) is 5.33. The molecule has 0 aromatic carbocycles. The molecule has 0 spiro atoms. The zero-order valence-corrected chi connectivity index (χ0v) is 9.09. The van der Waals surface area contributed by atoms with Crippen molar-refractivity contribution < 1.29 is 9.90 Å². The van der Waals surface area contributed by atoms with Crippen molar-refractivity contribution in [3.8, 4) is 0 Å². The van der Waals surface area contributed by atoms with Gasteiger partial charge in [-0.15, -0.1) is 0 Å². The average Bonchev–Trinajstić information content (AvgIpc) is 2.86. The van der Waals surface area contributed by atoms with Crippen molar-refractivity contribution >= 4 is 11.8 Å². The Morgan fingerprint density at radius 1 is 1.62 bits per heavy atom. The van der Waals surface area contributed by atoms with Gasteiger partial charge in [0.05, 0.1) is 6.04 Å². The van der Waals surface area contributed by atoms with E-state index in [1.54, 1.807) is 4.68 Å². The number of anilines is 1. The quantitative estimate of drug-likeness (QED) is 0.789. The number of carboxylic acids is 1. The molecule has 2 rings (SSSR count). The summed E-state index contributed by atoms with van der Waals surface area (Å²) in [6, 6.07) is 1.49. The summed E-state index contributed by atoms with van der Waals surface area (Å²) in [5, 5.41) is 24.8. The van der Waals surface area contributed by atoms with Gasteiger partial charge in [-0.05, 0) is 19.9 Å². The third-order valence-corrected chi connectivity index (χ3v) is 2.93. The molecule has 0 radical (unpaired) electrons. The first-order valence-corrected chi connectivity index (χ1v) is 5.33. The van der Waals surface area contributed by atoms with E-state index in [-0.39, 0.29) is 11.7 Å². The number of aromatic carboxylic acids is 1. The van der Waals surface area contributed by atoms with Crippen LogP contribution >= 0.6 is 0 Å². The molecular formula is C10H14N3O3-. The molecule has 0 bridgehead atoms. The van der Waals surface area contributed by atoms with Crippen LogP contribution in [0.2, 0.25) is 0 Å². The molecular weight excluding hydrogens is 210 g/mol. The highest BCUT2D eigenvalue weighted by molar-refractivity contribution is 5.86. The van der Waals surface area contributed by atoms with Crippen molar-refractivity contribution in [1.82, 2.24) is 9.78 Å². The summed E-state index contributed by atoms with van der Waals surface area (Å²) in [5.74, 6) is -0.774. The van der Waals surface area contributed by atoms with E-state index in [1.807, 2.05) is 0 Å². The molecule has 88 valence electrons. The van der Waals surface area contributed by atoms with Crippen molar-refractivity contribution in [2.75, 3.05) is 12.1 Å². The molecule has 1 N–H and O–H groups in total. The Balaban J connectivity index is 2.37. The van der Waals surface area contributed by atoms with Crippen molar-refractivity contribution in [2.24, 2.45) is 0 Å². The summed E-state index contributed by atoms with van der Waals surface area (Å²) >= 11 is 0. The second kappa shape index (κ2) is 4.13. The van der Waals surface area contributed by atoms with E-state index in [2.05, 4.69) is 5.10 Å². The van der Waals surface area contributed by atoms with Gasteiger partial charge in [-0.1, -0.05) is 12.8 Å². The van der Waals surface area contributed by atoms with Crippen molar-refractivity contribution in [3.05, 3.63) is 17.0 Å². The van der Waals surface area contributed by atoms with E-state index in [9.17, 15) is 10.0 Å². The van der Waals surface area contributed by atoms with Crippen molar-refractivity contribution in [2.45, 2.75) is 31.7 Å². The minimum absolute atomic E-state index is 0.0652. The lowest BCUT2D eigenvalue weighted by molar-refractivity contribution is 0.0689. The van der Waals surface area contributed by atoms with E-state index in [1.165, 1.54) is 13.1 Å². The van der Waals surface area contributed by atoms with E-state index in [0.717, 1.165) is 25.7 Å². The molecule has 1 aliphatic carbocycles. The Kier molecular flexibility index (Phi) is 2.82. The Morgan fingerprint density at radius 3 is 2.75 bits per heavy atom. The molecule has 1 aliphatic rings. The molecule has 0 saturated heterocycles. The molecule has 1 fully saturated rings. The number of nitrogens with zero attached hydrogens (tertiary/aromatic N) is 3. The monoisotopic (exact) mass is 224 g/mol. The Hall–Kier alpha value is -1.56. The number of aromatic nitrogens is 2. The molecule has 0 atom stereocenters. The maximum absolute atomic E-state index is 11.3. The Bertz CT molecular complexity index is 394. The largest absolute Gasteiger partial charge is 0.757 e. The SMILES string of the molecule is CN([O-])c1cc(C(=O)O)nn1C1CCCC1. The normalized spacial score (nSPS) is 16.6. The van der Waals surface area contributed by atoms with Crippen LogP contribution in [0.4, 0.5) is 5.82 Å². The van der Waals surface area contributed by atoms with E-state index >= 15 is 0 Å². The Morgan fingerprint density at radius 2 is 2.25 bits per heavy atom. The maximum atomic E-state index is 11.3. The van der Waals surface area contributed by atoms with Crippen LogP contribution in [-0.4, -0.2) is 27.9 Å². The van der Waals surface area contributed by atoms with Crippen molar-refractivity contribution in [1.29, 1.82) is 0 Å². The maximum Gasteiger partial charge on any atom is 0.356 e. The highest BCUT2D eigenvalue weighted by Gasteiger charge is 2.22. The van der Waals surface area contributed by atoms with Crippen LogP contribution in [-0.2, 0) is 0 Å². The van der Waals surface area contributed by atoms with Gasteiger partial charge in [0, 0.05) is 6.07 Å². The number of hydrogen-bond donors (Lipinski definition) is 1. The predicted octanol–water partition coefficient (Wildman–Crippen LogP) is 1.63. The fourth-order valence-corrected chi connectivity index (χ4v) is 2.14. The topological polar surface area (TPSA) is 81.4 Å². The van der Waals surface area contributed by atoms with Gasteiger partial charge in [-0.25, -0.2) is 9.48 Å². The van der Waals surface area contributed by atoms with Gasteiger partial charge in [0.15, 0.2) is 5.69 Å². The van der Waals surface area contributed by atoms with Gasteiger partial charge in [-0.3, -0.25) is 0 Å². The van der Waals surface area contributed by atoms with Gasteiger partial charge < -0.3 is 15.4 Å². The van der Waals surface area contributed by atoms with Gasteiger partial charge in [0.2, 0.25) is 0 Å². The van der Waals surface area contributed by atoms with E-state index in [0.29, 0.717) is 10.9 Å². The van der Waals surface area contributed by atoms with E-state index < -0.39 is 5.97 Å². The lowest BCUT2D eigenvalue weighted by Gasteiger charge is -2.27. The third-order valence-electron chi connectivity index (χ3n) is 2.93. The molecule has 0 unspecified atom stereocenters. The lowest BCUT2D eigenvalue weighted by Crippen LogP contribution is -2.16. The van der Waals surface area contributed by atoms with Crippen LogP contribution in [0.5, 0.6) is 0 Å². The van der Waals surface area contributed by atoms with Crippen LogP contribution in [0.25, 0.3) is 0 Å². The predicted molar refractivity (Wildman–Crippen MR) is 58.5 cm³/mol. The average molecular weight is 224 g/mol. The minimum Gasteiger partial charge on any atom is -0.757 e. The summed E-state index contributed by atoms with van der Waals surface area (Å²) in [5.41, 5.74) is -0.0652. The fraction of sp³-hybridized carbons (Fsp3) is 0.600. The number of rotatable bonds is 3. The molecule has 0 aliphatic heterocycles. The van der Waals surface area contributed by atoms with Gasteiger partial charge in [-0.2, -0.15) is 5.10 Å². The van der Waals surface area contributed by atoms with Crippen LogP contribution in [0, 0.1) is 5.21 Å². The number of hydroxylamine groups is 1. The highest BCUT2D eigenvalue weighted by Crippen LogP contribution is 2.32. The van der Waals surface area contributed by atoms with E-state index in [4.69, 9.17) is 5.11 Å². The number of carbonyl (C=O) groups is 1. The molecule has 1 aromatic heterocycles. The lowest BCUT2D eigenvalue weighted by atomic mass is 10.2.